The highest BCUT2D eigenvalue weighted by Crippen LogP contribution is 2.19. The Morgan fingerprint density at radius 2 is 1.61 bits per heavy atom. The molecule has 0 unspecified atom stereocenters. The quantitative estimate of drug-likeness (QED) is 0.819. The van der Waals surface area contributed by atoms with Crippen LogP contribution in [0, 0.1) is 6.92 Å². The van der Waals surface area contributed by atoms with E-state index < -0.39 is 12.1 Å². The van der Waals surface area contributed by atoms with Crippen molar-refractivity contribution in [2.45, 2.75) is 32.5 Å². The maximum absolute atomic E-state index is 10.6. The Hall–Kier alpha value is -1.56. The van der Waals surface area contributed by atoms with Gasteiger partial charge in [0.15, 0.2) is 0 Å². The first-order valence-corrected chi connectivity index (χ1v) is 5.11. The van der Waals surface area contributed by atoms with Gasteiger partial charge in [0.1, 0.15) is 0 Å². The van der Waals surface area contributed by atoms with E-state index in [2.05, 4.69) is 19.1 Å². The van der Waals surface area contributed by atoms with Crippen LogP contribution in [0.4, 0.5) is 13.2 Å². The molecule has 3 N–H and O–H groups in total. The number of aliphatic carboxylic acids is 1. The second-order valence-corrected chi connectivity index (χ2v) is 4.34. The minimum Gasteiger partial charge on any atom is -0.475 e. The zero-order valence-electron chi connectivity index (χ0n) is 10.4. The molecule has 0 radical (unpaired) electrons. The summed E-state index contributed by atoms with van der Waals surface area (Å²) in [5, 5.41) is 7.12. The lowest BCUT2D eigenvalue weighted by Gasteiger charge is -2.21. The van der Waals surface area contributed by atoms with Crippen molar-refractivity contribution in [3.63, 3.8) is 0 Å². The third-order valence-corrected chi connectivity index (χ3v) is 2.08. The van der Waals surface area contributed by atoms with Crippen LogP contribution < -0.4 is 5.73 Å². The first-order valence-electron chi connectivity index (χ1n) is 5.11. The number of hydrogen-bond acceptors (Lipinski definition) is 2. The number of carbonyl (C=O) groups is 1. The molecule has 0 spiro atoms. The van der Waals surface area contributed by atoms with Gasteiger partial charge < -0.3 is 10.8 Å². The summed E-state index contributed by atoms with van der Waals surface area (Å²) >= 11 is 0. The van der Waals surface area contributed by atoms with Crippen LogP contribution in [0.2, 0.25) is 0 Å². The molecule has 0 fully saturated rings. The predicted octanol–water partition coefficient (Wildman–Crippen LogP) is 2.82. The van der Waals surface area contributed by atoms with Gasteiger partial charge in [-0.1, -0.05) is 24.3 Å². The molecule has 0 heterocycles. The normalized spacial score (nSPS) is 11.5. The van der Waals surface area contributed by atoms with Crippen molar-refractivity contribution in [3.05, 3.63) is 35.4 Å². The van der Waals surface area contributed by atoms with Gasteiger partial charge in [-0.2, -0.15) is 13.2 Å². The molecule has 1 aromatic carbocycles. The average Bonchev–Trinajstić information content (AvgIpc) is 2.15. The fourth-order valence-electron chi connectivity index (χ4n) is 1.30. The highest BCUT2D eigenvalue weighted by molar-refractivity contribution is 5.73. The summed E-state index contributed by atoms with van der Waals surface area (Å²) in [6.07, 6.45) is -5.08. The number of rotatable bonds is 1. The van der Waals surface area contributed by atoms with Crippen LogP contribution in [0.15, 0.2) is 24.3 Å². The Labute approximate surface area is 103 Å². The molecule has 6 heteroatoms. The van der Waals surface area contributed by atoms with E-state index in [4.69, 9.17) is 15.6 Å². The van der Waals surface area contributed by atoms with Crippen LogP contribution in [0.25, 0.3) is 0 Å². The van der Waals surface area contributed by atoms with E-state index in [-0.39, 0.29) is 5.54 Å². The van der Waals surface area contributed by atoms with Gasteiger partial charge in [-0.05, 0) is 31.9 Å². The lowest BCUT2D eigenvalue weighted by molar-refractivity contribution is -0.192. The zero-order chi connectivity index (χ0) is 14.6. The van der Waals surface area contributed by atoms with Gasteiger partial charge in [0.2, 0.25) is 0 Å². The number of benzene rings is 1. The predicted molar refractivity (Wildman–Crippen MR) is 62.1 cm³/mol. The Morgan fingerprint density at radius 1 is 1.22 bits per heavy atom. The smallest absolute Gasteiger partial charge is 0.475 e. The SMILES string of the molecule is Cc1ccccc1C(C)(C)N.O=C(O)C(F)(F)F. The lowest BCUT2D eigenvalue weighted by Crippen LogP contribution is -2.29. The van der Waals surface area contributed by atoms with E-state index in [0.29, 0.717) is 0 Å². The topological polar surface area (TPSA) is 63.3 Å². The molecule has 0 atom stereocenters. The number of alkyl halides is 3. The van der Waals surface area contributed by atoms with Crippen molar-refractivity contribution in [3.8, 4) is 0 Å². The Morgan fingerprint density at radius 3 is 1.83 bits per heavy atom. The Balaban J connectivity index is 0.000000360. The highest BCUT2D eigenvalue weighted by Gasteiger charge is 2.38. The first kappa shape index (κ1) is 16.4. The van der Waals surface area contributed by atoms with Gasteiger partial charge >= 0.3 is 12.1 Å². The molecule has 1 aromatic rings. The van der Waals surface area contributed by atoms with Crippen molar-refractivity contribution in [2.24, 2.45) is 5.73 Å². The van der Waals surface area contributed by atoms with Crippen molar-refractivity contribution in [1.29, 1.82) is 0 Å². The third-order valence-electron chi connectivity index (χ3n) is 2.08. The maximum Gasteiger partial charge on any atom is 0.490 e. The van der Waals surface area contributed by atoms with Crippen LogP contribution in [-0.2, 0) is 10.3 Å². The van der Waals surface area contributed by atoms with Gasteiger partial charge in [-0.3, -0.25) is 0 Å². The van der Waals surface area contributed by atoms with E-state index in [9.17, 15) is 13.2 Å². The van der Waals surface area contributed by atoms with Crippen molar-refractivity contribution in [1.82, 2.24) is 0 Å². The van der Waals surface area contributed by atoms with Crippen LogP contribution in [0.1, 0.15) is 25.0 Å². The average molecular weight is 263 g/mol. The molecule has 0 saturated heterocycles. The van der Waals surface area contributed by atoms with Crippen LogP contribution in [0.3, 0.4) is 0 Å². The summed E-state index contributed by atoms with van der Waals surface area (Å²) < 4.78 is 31.7. The zero-order valence-corrected chi connectivity index (χ0v) is 10.4. The standard InChI is InChI=1S/C10H15N.C2HF3O2/c1-8-6-4-5-7-9(8)10(2,3)11;3-2(4,5)1(6)7/h4-7H,11H2,1-3H3;(H,6,7). The largest absolute Gasteiger partial charge is 0.490 e. The number of aryl methyl sites for hydroxylation is 1. The van der Waals surface area contributed by atoms with E-state index in [0.717, 1.165) is 0 Å². The summed E-state index contributed by atoms with van der Waals surface area (Å²) in [6, 6.07) is 8.22. The molecule has 0 aliphatic carbocycles. The van der Waals surface area contributed by atoms with Crippen molar-refractivity contribution >= 4 is 5.97 Å². The van der Waals surface area contributed by atoms with Gasteiger partial charge in [0.05, 0.1) is 0 Å². The molecule has 102 valence electrons. The number of hydrogen-bond donors (Lipinski definition) is 2. The molecule has 0 saturated carbocycles. The third kappa shape index (κ3) is 5.67. The fourth-order valence-corrected chi connectivity index (χ4v) is 1.30. The minimum atomic E-state index is -5.08. The van der Waals surface area contributed by atoms with E-state index in [1.165, 1.54) is 11.1 Å². The number of nitrogens with two attached hydrogens (primary N) is 1. The summed E-state index contributed by atoms with van der Waals surface area (Å²) in [7, 11) is 0. The number of carboxylic acid groups (broad SMARTS) is 1. The minimum absolute atomic E-state index is 0.217. The summed E-state index contributed by atoms with van der Waals surface area (Å²) in [6.45, 7) is 6.13. The second-order valence-electron chi connectivity index (χ2n) is 4.34. The molecule has 1 rings (SSSR count). The maximum atomic E-state index is 10.6. The summed E-state index contributed by atoms with van der Waals surface area (Å²) in [4.78, 5) is 8.90. The number of carboxylic acids is 1. The monoisotopic (exact) mass is 263 g/mol. The molecule has 0 aliphatic heterocycles. The molecule has 3 nitrogen and oxygen atoms in total. The molecule has 0 bridgehead atoms. The van der Waals surface area contributed by atoms with Crippen LogP contribution in [0.5, 0.6) is 0 Å². The molecular formula is C12H16F3NO2. The lowest BCUT2D eigenvalue weighted by atomic mass is 9.92. The molecule has 0 aliphatic rings. The van der Waals surface area contributed by atoms with E-state index in [1.807, 2.05) is 26.0 Å². The van der Waals surface area contributed by atoms with Gasteiger partial charge in [-0.15, -0.1) is 0 Å². The molecule has 18 heavy (non-hydrogen) atoms. The van der Waals surface area contributed by atoms with E-state index >= 15 is 0 Å². The van der Waals surface area contributed by atoms with Gasteiger partial charge in [0.25, 0.3) is 0 Å². The van der Waals surface area contributed by atoms with Crippen LogP contribution >= 0.6 is 0 Å². The first-order chi connectivity index (χ1) is 7.96. The fraction of sp³-hybridized carbons (Fsp3) is 0.417. The van der Waals surface area contributed by atoms with Crippen molar-refractivity contribution in [2.75, 3.05) is 0 Å². The van der Waals surface area contributed by atoms with E-state index in [1.54, 1.807) is 0 Å². The number of halogens is 3. The molecule has 0 aromatic heterocycles. The summed E-state index contributed by atoms with van der Waals surface area (Å²) in [5.41, 5.74) is 8.23. The Bertz CT molecular complexity index is 409. The highest BCUT2D eigenvalue weighted by atomic mass is 19.4. The van der Waals surface area contributed by atoms with Crippen molar-refractivity contribution < 1.29 is 23.1 Å². The second kappa shape index (κ2) is 5.86. The molecular weight excluding hydrogens is 247 g/mol. The Kier molecular flexibility index (Phi) is 5.35. The van der Waals surface area contributed by atoms with Crippen LogP contribution in [-0.4, -0.2) is 17.3 Å². The van der Waals surface area contributed by atoms with Gasteiger partial charge in [-0.25, -0.2) is 4.79 Å². The molecule has 0 amide bonds. The van der Waals surface area contributed by atoms with Gasteiger partial charge in [0, 0.05) is 5.54 Å². The summed E-state index contributed by atoms with van der Waals surface area (Å²) in [5.74, 6) is -2.76.